The second kappa shape index (κ2) is 4.99. The second-order valence-corrected chi connectivity index (χ2v) is 4.41. The number of nitrogens with one attached hydrogen (secondary N) is 1. The van der Waals surface area contributed by atoms with Crippen LogP contribution in [-0.4, -0.2) is 24.7 Å². The lowest BCUT2D eigenvalue weighted by molar-refractivity contribution is -0.153. The second-order valence-electron chi connectivity index (χ2n) is 4.41. The fraction of sp³-hybridized carbons (Fsp3) is 0.417. The first-order chi connectivity index (χ1) is 8.85. The third kappa shape index (κ3) is 4.04. The third-order valence-electron chi connectivity index (χ3n) is 2.55. The average Bonchev–Trinajstić information content (AvgIpc) is 3.09. The largest absolute Gasteiger partial charge is 0.483 e. The van der Waals surface area contributed by atoms with Gasteiger partial charge in [0.1, 0.15) is 5.75 Å². The van der Waals surface area contributed by atoms with Crippen molar-refractivity contribution in [3.05, 3.63) is 23.8 Å². The topological polar surface area (TPSA) is 64.4 Å². The molecule has 1 saturated carbocycles. The fourth-order valence-corrected chi connectivity index (χ4v) is 1.50. The van der Waals surface area contributed by atoms with Crippen molar-refractivity contribution in [2.24, 2.45) is 0 Å². The molecule has 0 unspecified atom stereocenters. The van der Waals surface area contributed by atoms with E-state index in [1.807, 2.05) is 0 Å². The molecular weight excluding hydrogens is 261 g/mol. The van der Waals surface area contributed by atoms with Crippen LogP contribution in [0.5, 0.6) is 5.75 Å². The number of nitrogen functional groups attached to an aromatic ring is 1. The van der Waals surface area contributed by atoms with Crippen LogP contribution in [0.3, 0.4) is 0 Å². The summed E-state index contributed by atoms with van der Waals surface area (Å²) in [7, 11) is 0. The molecule has 1 aliphatic rings. The Balaban J connectivity index is 2.14. The van der Waals surface area contributed by atoms with Crippen LogP contribution in [0.1, 0.15) is 23.2 Å². The molecule has 2 rings (SSSR count). The van der Waals surface area contributed by atoms with Crippen LogP contribution < -0.4 is 15.8 Å². The number of anilines is 1. The van der Waals surface area contributed by atoms with Gasteiger partial charge in [-0.05, 0) is 25.0 Å². The van der Waals surface area contributed by atoms with Crippen molar-refractivity contribution in [2.45, 2.75) is 25.1 Å². The van der Waals surface area contributed by atoms with Crippen LogP contribution >= 0.6 is 0 Å². The van der Waals surface area contributed by atoms with Gasteiger partial charge in [-0.1, -0.05) is 0 Å². The van der Waals surface area contributed by atoms with Crippen molar-refractivity contribution in [2.75, 3.05) is 12.3 Å². The van der Waals surface area contributed by atoms with E-state index in [-0.39, 0.29) is 23.0 Å². The zero-order valence-electron chi connectivity index (χ0n) is 9.96. The highest BCUT2D eigenvalue weighted by Crippen LogP contribution is 2.26. The van der Waals surface area contributed by atoms with E-state index >= 15 is 0 Å². The van der Waals surface area contributed by atoms with E-state index in [0.717, 1.165) is 12.8 Å². The van der Waals surface area contributed by atoms with E-state index < -0.39 is 18.7 Å². The van der Waals surface area contributed by atoms with Gasteiger partial charge in [0.05, 0.1) is 5.56 Å². The number of halogens is 3. The molecule has 0 aromatic heterocycles. The SMILES string of the molecule is Nc1ccc(C(=O)NC2CC2)c(OCC(F)(F)F)c1. The Morgan fingerprint density at radius 3 is 2.68 bits per heavy atom. The molecule has 0 saturated heterocycles. The van der Waals surface area contributed by atoms with Crippen LogP contribution in [0.2, 0.25) is 0 Å². The molecule has 1 aromatic carbocycles. The summed E-state index contributed by atoms with van der Waals surface area (Å²) in [6.07, 6.45) is -2.69. The summed E-state index contributed by atoms with van der Waals surface area (Å²) in [6, 6.07) is 4.13. The van der Waals surface area contributed by atoms with Gasteiger partial charge in [-0.2, -0.15) is 13.2 Å². The van der Waals surface area contributed by atoms with E-state index in [1.165, 1.54) is 18.2 Å². The summed E-state index contributed by atoms with van der Waals surface area (Å²) in [4.78, 5) is 11.8. The summed E-state index contributed by atoms with van der Waals surface area (Å²) in [5.41, 5.74) is 5.78. The molecule has 0 atom stereocenters. The molecule has 4 nitrogen and oxygen atoms in total. The van der Waals surface area contributed by atoms with Crippen LogP contribution in [-0.2, 0) is 0 Å². The molecule has 1 aromatic rings. The Morgan fingerprint density at radius 2 is 2.11 bits per heavy atom. The number of carbonyl (C=O) groups excluding carboxylic acids is 1. The maximum absolute atomic E-state index is 12.1. The summed E-state index contributed by atoms with van der Waals surface area (Å²) >= 11 is 0. The Kier molecular flexibility index (Phi) is 3.55. The number of alkyl halides is 3. The molecule has 0 bridgehead atoms. The number of nitrogens with two attached hydrogens (primary N) is 1. The standard InChI is InChI=1S/C12H13F3N2O2/c13-12(14,15)6-19-10-5-7(16)1-4-9(10)11(18)17-8-2-3-8/h1,4-5,8H,2-3,6,16H2,(H,17,18). The highest BCUT2D eigenvalue weighted by atomic mass is 19.4. The van der Waals surface area contributed by atoms with Gasteiger partial charge in [0.2, 0.25) is 0 Å². The number of hydrogen-bond acceptors (Lipinski definition) is 3. The molecule has 104 valence electrons. The predicted octanol–water partition coefficient (Wildman–Crippen LogP) is 2.10. The average molecular weight is 274 g/mol. The molecule has 0 heterocycles. The van der Waals surface area contributed by atoms with E-state index in [9.17, 15) is 18.0 Å². The number of hydrogen-bond donors (Lipinski definition) is 2. The van der Waals surface area contributed by atoms with Crippen LogP contribution in [0.4, 0.5) is 18.9 Å². The van der Waals surface area contributed by atoms with Gasteiger partial charge < -0.3 is 15.8 Å². The highest BCUT2D eigenvalue weighted by Gasteiger charge is 2.30. The van der Waals surface area contributed by atoms with E-state index in [0.29, 0.717) is 0 Å². The van der Waals surface area contributed by atoms with Gasteiger partial charge in [-0.15, -0.1) is 0 Å². The molecular formula is C12H13F3N2O2. The Bertz CT molecular complexity index is 484. The van der Waals surface area contributed by atoms with Crippen LogP contribution in [0.25, 0.3) is 0 Å². The predicted molar refractivity (Wildman–Crippen MR) is 62.9 cm³/mol. The van der Waals surface area contributed by atoms with Crippen molar-refractivity contribution in [3.8, 4) is 5.75 Å². The van der Waals surface area contributed by atoms with Gasteiger partial charge in [-0.3, -0.25) is 4.79 Å². The maximum Gasteiger partial charge on any atom is 0.422 e. The minimum atomic E-state index is -4.46. The van der Waals surface area contributed by atoms with E-state index in [4.69, 9.17) is 5.73 Å². The van der Waals surface area contributed by atoms with Crippen molar-refractivity contribution in [1.82, 2.24) is 5.32 Å². The normalized spacial score (nSPS) is 15.1. The zero-order chi connectivity index (χ0) is 14.0. The monoisotopic (exact) mass is 274 g/mol. The fourth-order valence-electron chi connectivity index (χ4n) is 1.50. The molecule has 7 heteroatoms. The molecule has 1 amide bonds. The number of ether oxygens (including phenoxy) is 1. The number of amides is 1. The van der Waals surface area contributed by atoms with Crippen LogP contribution in [0, 0.1) is 0 Å². The highest BCUT2D eigenvalue weighted by molar-refractivity contribution is 5.97. The maximum atomic E-state index is 12.1. The van der Waals surface area contributed by atoms with E-state index in [1.54, 1.807) is 0 Å². The Labute approximate surface area is 107 Å². The molecule has 1 aliphatic carbocycles. The first-order valence-electron chi connectivity index (χ1n) is 5.75. The van der Waals surface area contributed by atoms with Gasteiger partial charge in [0, 0.05) is 17.8 Å². The molecule has 19 heavy (non-hydrogen) atoms. The lowest BCUT2D eigenvalue weighted by Crippen LogP contribution is -2.27. The van der Waals surface area contributed by atoms with Gasteiger partial charge in [0.25, 0.3) is 5.91 Å². The summed E-state index contributed by atoms with van der Waals surface area (Å²) in [5.74, 6) is -0.602. The summed E-state index contributed by atoms with van der Waals surface area (Å²) < 4.78 is 41.1. The molecule has 1 fully saturated rings. The smallest absolute Gasteiger partial charge is 0.422 e. The van der Waals surface area contributed by atoms with E-state index in [2.05, 4.69) is 10.1 Å². The summed E-state index contributed by atoms with van der Waals surface area (Å²) in [6.45, 7) is -1.46. The number of benzene rings is 1. The van der Waals surface area contributed by atoms with Crippen LogP contribution in [0.15, 0.2) is 18.2 Å². The molecule has 0 aliphatic heterocycles. The molecule has 0 radical (unpaired) electrons. The number of carbonyl (C=O) groups is 1. The Morgan fingerprint density at radius 1 is 1.42 bits per heavy atom. The van der Waals surface area contributed by atoms with Gasteiger partial charge in [0.15, 0.2) is 6.61 Å². The Hall–Kier alpha value is -1.92. The molecule has 0 spiro atoms. The van der Waals surface area contributed by atoms with Crippen molar-refractivity contribution < 1.29 is 22.7 Å². The van der Waals surface area contributed by atoms with Crippen molar-refractivity contribution in [1.29, 1.82) is 0 Å². The zero-order valence-corrected chi connectivity index (χ0v) is 9.96. The lowest BCUT2D eigenvalue weighted by atomic mass is 10.1. The van der Waals surface area contributed by atoms with Crippen molar-refractivity contribution >= 4 is 11.6 Å². The first-order valence-corrected chi connectivity index (χ1v) is 5.75. The summed E-state index contributed by atoms with van der Waals surface area (Å²) in [5, 5.41) is 2.69. The minimum absolute atomic E-state index is 0.0605. The van der Waals surface area contributed by atoms with Crippen molar-refractivity contribution in [3.63, 3.8) is 0 Å². The van der Waals surface area contributed by atoms with Gasteiger partial charge in [-0.25, -0.2) is 0 Å². The molecule has 3 N–H and O–H groups in total. The lowest BCUT2D eigenvalue weighted by Gasteiger charge is -2.13. The van der Waals surface area contributed by atoms with Gasteiger partial charge >= 0.3 is 6.18 Å². The number of rotatable bonds is 4. The third-order valence-corrected chi connectivity index (χ3v) is 2.55. The minimum Gasteiger partial charge on any atom is -0.483 e. The first kappa shape index (κ1) is 13.5. The quantitative estimate of drug-likeness (QED) is 0.826.